The lowest BCUT2D eigenvalue weighted by molar-refractivity contribution is 0.554. The lowest BCUT2D eigenvalue weighted by Crippen LogP contribution is -2.33. The molecule has 0 aliphatic carbocycles. The molecule has 1 atom stereocenters. The van der Waals surface area contributed by atoms with E-state index in [-0.39, 0.29) is 0 Å². The van der Waals surface area contributed by atoms with Crippen LogP contribution in [0.3, 0.4) is 0 Å². The van der Waals surface area contributed by atoms with Gasteiger partial charge in [-0.15, -0.1) is 0 Å². The standard InChI is InChI=1S/C5H16OSi2/c1-3-5-8(6,7)4-2/h6H,3-5H2,1-2,7H3. The van der Waals surface area contributed by atoms with Gasteiger partial charge in [-0.2, -0.15) is 0 Å². The predicted molar refractivity (Wildman–Crippen MR) is 43.5 cm³/mol. The smallest absolute Gasteiger partial charge is 0.164 e. The number of hydrogen-bond acceptors (Lipinski definition) is 1. The van der Waals surface area contributed by atoms with Crippen molar-refractivity contribution >= 4 is 17.6 Å². The zero-order valence-electron chi connectivity index (χ0n) is 6.07. The fourth-order valence-electron chi connectivity index (χ4n) is 0.715. The average molecular weight is 148 g/mol. The molecule has 0 aliphatic heterocycles. The molecule has 0 heterocycles. The van der Waals surface area contributed by atoms with Gasteiger partial charge in [0.15, 0.2) is 7.83 Å². The molecule has 0 rings (SSSR count). The van der Waals surface area contributed by atoms with Crippen LogP contribution >= 0.6 is 0 Å². The van der Waals surface area contributed by atoms with Crippen molar-refractivity contribution in [2.45, 2.75) is 32.4 Å². The maximum absolute atomic E-state index is 9.52. The molecule has 3 heteroatoms. The van der Waals surface area contributed by atoms with Crippen molar-refractivity contribution in [3.63, 3.8) is 0 Å². The Balaban J connectivity index is 3.37. The van der Waals surface area contributed by atoms with E-state index in [1.165, 1.54) is 6.42 Å². The van der Waals surface area contributed by atoms with Crippen LogP contribution in [-0.2, 0) is 0 Å². The molecule has 0 saturated heterocycles. The highest BCUT2D eigenvalue weighted by Crippen LogP contribution is 2.07. The molecule has 0 aromatic rings. The van der Waals surface area contributed by atoms with E-state index in [1.54, 1.807) is 0 Å². The van der Waals surface area contributed by atoms with Crippen LogP contribution in [0.25, 0.3) is 0 Å². The van der Waals surface area contributed by atoms with Gasteiger partial charge >= 0.3 is 0 Å². The van der Waals surface area contributed by atoms with Crippen LogP contribution in [0.2, 0.25) is 12.1 Å². The summed E-state index contributed by atoms with van der Waals surface area (Å²) in [5.41, 5.74) is 0. The van der Waals surface area contributed by atoms with Crippen molar-refractivity contribution in [3.8, 4) is 0 Å². The monoisotopic (exact) mass is 148 g/mol. The van der Waals surface area contributed by atoms with Crippen LogP contribution in [0.1, 0.15) is 20.3 Å². The van der Waals surface area contributed by atoms with E-state index in [9.17, 15) is 4.80 Å². The minimum Gasteiger partial charge on any atom is -0.435 e. The molecule has 1 N–H and O–H groups in total. The van der Waals surface area contributed by atoms with Crippen molar-refractivity contribution in [1.29, 1.82) is 0 Å². The Labute approximate surface area is 55.5 Å². The van der Waals surface area contributed by atoms with E-state index in [4.69, 9.17) is 0 Å². The van der Waals surface area contributed by atoms with E-state index in [2.05, 4.69) is 13.8 Å². The maximum atomic E-state index is 9.52. The van der Waals surface area contributed by atoms with Gasteiger partial charge in [0.25, 0.3) is 0 Å². The summed E-state index contributed by atoms with van der Waals surface area (Å²) < 4.78 is 0. The molecule has 8 heavy (non-hydrogen) atoms. The summed E-state index contributed by atoms with van der Waals surface area (Å²) in [6.45, 7) is 4.25. The van der Waals surface area contributed by atoms with Crippen molar-refractivity contribution < 1.29 is 4.80 Å². The zero-order chi connectivity index (χ0) is 6.62. The highest BCUT2D eigenvalue weighted by molar-refractivity contribution is 7.12. The predicted octanol–water partition coefficient (Wildman–Crippen LogP) is 0.216. The van der Waals surface area contributed by atoms with Crippen molar-refractivity contribution in [1.82, 2.24) is 0 Å². The highest BCUT2D eigenvalue weighted by atomic mass is 29.2. The molecule has 0 fully saturated rings. The molecule has 0 aliphatic rings. The van der Waals surface area contributed by atoms with E-state index in [1.807, 2.05) is 0 Å². The normalized spacial score (nSPS) is 18.4. The second-order valence-corrected chi connectivity index (χ2v) is 12.4. The van der Waals surface area contributed by atoms with Gasteiger partial charge in [-0.05, 0) is 12.1 Å². The maximum Gasteiger partial charge on any atom is 0.164 e. The van der Waals surface area contributed by atoms with Crippen LogP contribution in [0.15, 0.2) is 0 Å². The zero-order valence-corrected chi connectivity index (χ0v) is 9.07. The van der Waals surface area contributed by atoms with Crippen LogP contribution < -0.4 is 0 Å². The fourth-order valence-corrected chi connectivity index (χ4v) is 3.65. The first-order valence-corrected chi connectivity index (χ1v) is 9.21. The highest BCUT2D eigenvalue weighted by Gasteiger charge is 2.18. The SMILES string of the molecule is CCC[Si](O)([SiH3])CC. The number of rotatable bonds is 3. The lowest BCUT2D eigenvalue weighted by Gasteiger charge is -2.15. The van der Waals surface area contributed by atoms with Gasteiger partial charge in [-0.25, -0.2) is 0 Å². The third-order valence-electron chi connectivity index (χ3n) is 1.55. The first kappa shape index (κ1) is 8.39. The number of hydrogen-bond donors (Lipinski definition) is 1. The Kier molecular flexibility index (Phi) is 3.59. The second-order valence-electron chi connectivity index (χ2n) is 2.60. The molecule has 0 bridgehead atoms. The molecular weight excluding hydrogens is 132 g/mol. The van der Waals surface area contributed by atoms with E-state index < -0.39 is 7.83 Å². The summed E-state index contributed by atoms with van der Waals surface area (Å²) in [7, 11) is -0.485. The summed E-state index contributed by atoms with van der Waals surface area (Å²) in [4.78, 5) is 9.52. The quantitative estimate of drug-likeness (QED) is 0.568. The summed E-state index contributed by atoms with van der Waals surface area (Å²) >= 11 is 0. The van der Waals surface area contributed by atoms with Gasteiger partial charge in [-0.3, -0.25) is 0 Å². The van der Waals surface area contributed by atoms with Crippen LogP contribution in [0, 0.1) is 0 Å². The topological polar surface area (TPSA) is 20.2 Å². The average Bonchev–Trinajstić information content (AvgIpc) is 1.67. The Morgan fingerprint density at radius 2 is 2.00 bits per heavy atom. The van der Waals surface area contributed by atoms with Gasteiger partial charge in [-0.1, -0.05) is 20.3 Å². The first-order chi connectivity index (χ1) is 3.62. The molecular formula is C5H16OSi2. The Morgan fingerprint density at radius 1 is 1.50 bits per heavy atom. The summed E-state index contributed by atoms with van der Waals surface area (Å²) in [5, 5.41) is 0. The molecule has 0 aromatic carbocycles. The lowest BCUT2D eigenvalue weighted by atomic mass is 10.6. The van der Waals surface area contributed by atoms with E-state index >= 15 is 0 Å². The van der Waals surface area contributed by atoms with Crippen LogP contribution in [-0.4, -0.2) is 22.4 Å². The van der Waals surface area contributed by atoms with Crippen LogP contribution in [0.5, 0.6) is 0 Å². The fraction of sp³-hybridized carbons (Fsp3) is 1.00. The summed E-state index contributed by atoms with van der Waals surface area (Å²) in [5.74, 6) is 0. The van der Waals surface area contributed by atoms with Gasteiger partial charge in [0.2, 0.25) is 0 Å². The molecule has 1 unspecified atom stereocenters. The Bertz CT molecular complexity index is 63.4. The van der Waals surface area contributed by atoms with Gasteiger partial charge < -0.3 is 4.80 Å². The van der Waals surface area contributed by atoms with Gasteiger partial charge in [0, 0.05) is 9.76 Å². The molecule has 50 valence electrons. The largest absolute Gasteiger partial charge is 0.435 e. The minimum atomic E-state index is -1.54. The molecule has 0 radical (unpaired) electrons. The first-order valence-electron chi connectivity index (χ1n) is 3.34. The van der Waals surface area contributed by atoms with Crippen molar-refractivity contribution in [2.75, 3.05) is 0 Å². The van der Waals surface area contributed by atoms with Gasteiger partial charge in [0.1, 0.15) is 0 Å². The molecule has 0 spiro atoms. The molecule has 0 amide bonds. The van der Waals surface area contributed by atoms with Gasteiger partial charge in [0.05, 0.1) is 0 Å². The second kappa shape index (κ2) is 3.43. The minimum absolute atomic E-state index is 1.05. The van der Waals surface area contributed by atoms with E-state index in [0.717, 1.165) is 21.8 Å². The molecule has 0 saturated carbocycles. The third kappa shape index (κ3) is 3.40. The summed E-state index contributed by atoms with van der Waals surface area (Å²) in [6, 6.07) is 2.18. The van der Waals surface area contributed by atoms with Crippen molar-refractivity contribution in [2.24, 2.45) is 0 Å². The van der Waals surface area contributed by atoms with Crippen LogP contribution in [0.4, 0.5) is 0 Å². The summed E-state index contributed by atoms with van der Waals surface area (Å²) in [6.07, 6.45) is 1.17. The van der Waals surface area contributed by atoms with Crippen molar-refractivity contribution in [3.05, 3.63) is 0 Å². The van der Waals surface area contributed by atoms with E-state index in [0.29, 0.717) is 0 Å². The molecule has 1 nitrogen and oxygen atoms in total. The Hall–Kier alpha value is 0.394. The molecule has 0 aromatic heterocycles. The third-order valence-corrected chi connectivity index (χ3v) is 8.27. The Morgan fingerprint density at radius 3 is 2.12 bits per heavy atom.